The second kappa shape index (κ2) is 7.51. The van der Waals surface area contributed by atoms with Gasteiger partial charge in [0.1, 0.15) is 5.82 Å². The van der Waals surface area contributed by atoms with Crippen molar-refractivity contribution in [1.29, 1.82) is 0 Å². The van der Waals surface area contributed by atoms with E-state index in [-0.39, 0.29) is 22.4 Å². The summed E-state index contributed by atoms with van der Waals surface area (Å²) in [6.45, 7) is 1.22. The molecule has 0 radical (unpaired) electrons. The summed E-state index contributed by atoms with van der Waals surface area (Å²) < 4.78 is 37.2. The number of halogens is 1. The molecule has 3 rings (SSSR count). The highest BCUT2D eigenvalue weighted by molar-refractivity contribution is 7.90. The van der Waals surface area contributed by atoms with Crippen molar-refractivity contribution in [1.82, 2.24) is 0 Å². The summed E-state index contributed by atoms with van der Waals surface area (Å²) in [5.74, 6) is -0.290. The fourth-order valence-electron chi connectivity index (χ4n) is 3.22. The first-order valence-corrected chi connectivity index (χ1v) is 10.4. The molecular weight excluding hydrogens is 373 g/mol. The molecule has 0 unspecified atom stereocenters. The molecule has 1 aliphatic rings. The number of non-ortho nitro benzene ring substituents is 1. The normalized spacial score (nSPS) is 15.6. The summed E-state index contributed by atoms with van der Waals surface area (Å²) in [5, 5.41) is 14.3. The van der Waals surface area contributed by atoms with Crippen molar-refractivity contribution in [2.24, 2.45) is 0 Å². The minimum atomic E-state index is -3.60. The molecule has 144 valence electrons. The second-order valence-electron chi connectivity index (χ2n) is 6.59. The molecular formula is C18H20FN3O4S. The number of nitro benzene ring substituents is 1. The third-order valence-electron chi connectivity index (χ3n) is 4.60. The van der Waals surface area contributed by atoms with Crippen molar-refractivity contribution in [3.05, 3.63) is 58.4 Å². The average molecular weight is 393 g/mol. The van der Waals surface area contributed by atoms with Crippen LogP contribution in [0.25, 0.3) is 0 Å². The Bertz CT molecular complexity index is 940. The fraction of sp³-hybridized carbons (Fsp3) is 0.333. The van der Waals surface area contributed by atoms with E-state index >= 15 is 0 Å². The zero-order valence-corrected chi connectivity index (χ0v) is 15.6. The zero-order chi connectivity index (χ0) is 19.6. The van der Waals surface area contributed by atoms with Gasteiger partial charge in [0.15, 0.2) is 9.84 Å². The number of hydrogen-bond acceptors (Lipinski definition) is 6. The van der Waals surface area contributed by atoms with Gasteiger partial charge in [-0.25, -0.2) is 12.8 Å². The van der Waals surface area contributed by atoms with Crippen molar-refractivity contribution >= 4 is 26.9 Å². The molecule has 27 heavy (non-hydrogen) atoms. The number of sulfone groups is 1. The molecule has 0 aromatic heterocycles. The van der Waals surface area contributed by atoms with Crippen LogP contribution in [0.15, 0.2) is 47.4 Å². The van der Waals surface area contributed by atoms with Gasteiger partial charge in [0, 0.05) is 43.2 Å². The van der Waals surface area contributed by atoms with E-state index in [0.29, 0.717) is 18.8 Å². The summed E-state index contributed by atoms with van der Waals surface area (Å²) in [4.78, 5) is 12.3. The van der Waals surface area contributed by atoms with Crippen LogP contribution in [-0.2, 0) is 9.84 Å². The van der Waals surface area contributed by atoms with E-state index < -0.39 is 14.8 Å². The molecule has 1 saturated heterocycles. The lowest BCUT2D eigenvalue weighted by Gasteiger charge is -2.35. The van der Waals surface area contributed by atoms with Crippen LogP contribution in [0, 0.1) is 15.9 Å². The SMILES string of the molecule is CS(=O)(=O)c1cc([N+](=O)[O-])ccc1N1CCC(Nc2ccc(F)cc2)CC1. The van der Waals surface area contributed by atoms with E-state index in [9.17, 15) is 22.9 Å². The number of benzene rings is 2. The maximum absolute atomic E-state index is 13.0. The first-order chi connectivity index (χ1) is 12.7. The molecule has 0 atom stereocenters. The number of hydrogen-bond donors (Lipinski definition) is 1. The Balaban J connectivity index is 1.74. The van der Waals surface area contributed by atoms with Gasteiger partial charge < -0.3 is 10.2 Å². The molecule has 7 nitrogen and oxygen atoms in total. The van der Waals surface area contributed by atoms with Crippen LogP contribution < -0.4 is 10.2 Å². The van der Waals surface area contributed by atoms with Gasteiger partial charge in [-0.2, -0.15) is 0 Å². The van der Waals surface area contributed by atoms with Gasteiger partial charge in [-0.3, -0.25) is 10.1 Å². The van der Waals surface area contributed by atoms with Crippen LogP contribution in [0.4, 0.5) is 21.5 Å². The molecule has 0 amide bonds. The molecule has 0 saturated carbocycles. The van der Waals surface area contributed by atoms with Gasteiger partial charge in [0.05, 0.1) is 15.5 Å². The Morgan fingerprint density at radius 3 is 2.33 bits per heavy atom. The number of nitrogens with zero attached hydrogens (tertiary/aromatic N) is 2. The number of nitrogens with one attached hydrogen (secondary N) is 1. The van der Waals surface area contributed by atoms with Gasteiger partial charge in [0.25, 0.3) is 5.69 Å². The molecule has 1 heterocycles. The molecule has 1 fully saturated rings. The van der Waals surface area contributed by atoms with Crippen LogP contribution in [0.5, 0.6) is 0 Å². The lowest BCUT2D eigenvalue weighted by molar-refractivity contribution is -0.385. The van der Waals surface area contributed by atoms with Crippen LogP contribution in [-0.4, -0.2) is 38.7 Å². The summed E-state index contributed by atoms with van der Waals surface area (Å²) in [7, 11) is -3.60. The van der Waals surface area contributed by atoms with Gasteiger partial charge in [-0.1, -0.05) is 0 Å². The number of piperidine rings is 1. The Hall–Kier alpha value is -2.68. The van der Waals surface area contributed by atoms with Crippen LogP contribution in [0.1, 0.15) is 12.8 Å². The lowest BCUT2D eigenvalue weighted by atomic mass is 10.0. The zero-order valence-electron chi connectivity index (χ0n) is 14.8. The molecule has 9 heteroatoms. The molecule has 0 bridgehead atoms. The van der Waals surface area contributed by atoms with Crippen molar-refractivity contribution in [2.45, 2.75) is 23.8 Å². The van der Waals surface area contributed by atoms with Crippen molar-refractivity contribution in [3.63, 3.8) is 0 Å². The van der Waals surface area contributed by atoms with Gasteiger partial charge in [0.2, 0.25) is 0 Å². The smallest absolute Gasteiger partial charge is 0.270 e. The molecule has 2 aromatic rings. The van der Waals surface area contributed by atoms with E-state index in [4.69, 9.17) is 0 Å². The van der Waals surface area contributed by atoms with E-state index in [1.54, 1.807) is 12.1 Å². The van der Waals surface area contributed by atoms with E-state index in [2.05, 4.69) is 5.32 Å². The summed E-state index contributed by atoms with van der Waals surface area (Å²) in [6.07, 6.45) is 2.58. The van der Waals surface area contributed by atoms with Crippen LogP contribution in [0.3, 0.4) is 0 Å². The molecule has 1 N–H and O–H groups in total. The minimum absolute atomic E-state index is 0.0263. The average Bonchev–Trinajstić information content (AvgIpc) is 2.63. The van der Waals surface area contributed by atoms with Gasteiger partial charge >= 0.3 is 0 Å². The minimum Gasteiger partial charge on any atom is -0.382 e. The summed E-state index contributed by atoms with van der Waals surface area (Å²) >= 11 is 0. The number of anilines is 2. The van der Waals surface area contributed by atoms with E-state index in [1.807, 2.05) is 4.90 Å². The Kier molecular flexibility index (Phi) is 5.31. The molecule has 1 aliphatic heterocycles. The fourth-order valence-corrected chi connectivity index (χ4v) is 4.13. The number of rotatable bonds is 5. The predicted molar refractivity (Wildman–Crippen MR) is 101 cm³/mol. The summed E-state index contributed by atoms with van der Waals surface area (Å²) in [5.41, 5.74) is 1.08. The standard InChI is InChI=1S/C18H20FN3O4S/c1-27(25,26)18-12-16(22(23)24)6-7-17(18)21-10-8-15(9-11-21)20-14-4-2-13(19)3-5-14/h2-7,12,15,20H,8-11H2,1H3. The molecule has 2 aromatic carbocycles. The largest absolute Gasteiger partial charge is 0.382 e. The third-order valence-corrected chi connectivity index (χ3v) is 5.73. The van der Waals surface area contributed by atoms with Gasteiger partial charge in [-0.15, -0.1) is 0 Å². The highest BCUT2D eigenvalue weighted by Crippen LogP contribution is 2.31. The highest BCUT2D eigenvalue weighted by atomic mass is 32.2. The maximum Gasteiger partial charge on any atom is 0.270 e. The first kappa shape index (κ1) is 19.1. The molecule has 0 spiro atoms. The predicted octanol–water partition coefficient (Wildman–Crippen LogP) is 3.22. The van der Waals surface area contributed by atoms with Crippen LogP contribution in [0.2, 0.25) is 0 Å². The van der Waals surface area contributed by atoms with Crippen molar-refractivity contribution < 1.29 is 17.7 Å². The van der Waals surface area contributed by atoms with Crippen molar-refractivity contribution in [2.75, 3.05) is 29.6 Å². The first-order valence-electron chi connectivity index (χ1n) is 8.49. The Labute approximate surface area is 156 Å². The quantitative estimate of drug-likeness (QED) is 0.619. The lowest BCUT2D eigenvalue weighted by Crippen LogP contribution is -2.39. The second-order valence-corrected chi connectivity index (χ2v) is 8.58. The van der Waals surface area contributed by atoms with E-state index in [0.717, 1.165) is 30.9 Å². The Morgan fingerprint density at radius 2 is 1.78 bits per heavy atom. The van der Waals surface area contributed by atoms with Gasteiger partial charge in [-0.05, 0) is 43.2 Å². The topological polar surface area (TPSA) is 92.5 Å². The number of nitro groups is 1. The third kappa shape index (κ3) is 4.54. The monoisotopic (exact) mass is 393 g/mol. The van der Waals surface area contributed by atoms with Crippen LogP contribution >= 0.6 is 0 Å². The highest BCUT2D eigenvalue weighted by Gasteiger charge is 2.25. The Morgan fingerprint density at radius 1 is 1.15 bits per heavy atom. The maximum atomic E-state index is 13.0. The molecule has 0 aliphatic carbocycles. The van der Waals surface area contributed by atoms with Crippen molar-refractivity contribution in [3.8, 4) is 0 Å². The summed E-state index contributed by atoms with van der Waals surface area (Å²) in [6, 6.07) is 10.3. The van der Waals surface area contributed by atoms with E-state index in [1.165, 1.54) is 24.3 Å².